The zero-order valence-electron chi connectivity index (χ0n) is 11.1. The Bertz CT molecular complexity index is 690. The summed E-state index contributed by atoms with van der Waals surface area (Å²) < 4.78 is 6.73. The molecule has 0 radical (unpaired) electrons. The Hall–Kier alpha value is -2.96. The number of amides is 1. The molecule has 0 saturated carbocycles. The minimum atomic E-state index is -0.167. The molecular weight excluding hydrogens is 270 g/mol. The van der Waals surface area contributed by atoms with Crippen molar-refractivity contribution in [2.75, 3.05) is 6.54 Å². The summed E-state index contributed by atoms with van der Waals surface area (Å²) in [5.41, 5.74) is 0.498. The highest BCUT2D eigenvalue weighted by Gasteiger charge is 2.07. The average Bonchev–Trinajstić information content (AvgIpc) is 3.21. The van der Waals surface area contributed by atoms with E-state index in [9.17, 15) is 4.79 Å². The number of hydrogen-bond donors (Lipinski definition) is 1. The van der Waals surface area contributed by atoms with Crippen molar-refractivity contribution in [2.24, 2.45) is 0 Å². The fraction of sp³-hybridized carbons (Fsp3) is 0.143. The molecule has 0 bridgehead atoms. The normalized spacial score (nSPS) is 10.5. The van der Waals surface area contributed by atoms with Gasteiger partial charge >= 0.3 is 0 Å². The molecule has 106 valence electrons. The Morgan fingerprint density at radius 3 is 2.95 bits per heavy atom. The van der Waals surface area contributed by atoms with Gasteiger partial charge in [-0.2, -0.15) is 5.10 Å². The van der Waals surface area contributed by atoms with Gasteiger partial charge in [-0.3, -0.25) is 4.79 Å². The number of nitrogens with one attached hydrogen (secondary N) is 1. The molecule has 3 rings (SSSR count). The van der Waals surface area contributed by atoms with Crippen LogP contribution < -0.4 is 5.32 Å². The predicted molar refractivity (Wildman–Crippen MR) is 73.9 cm³/mol. The molecule has 3 heterocycles. The van der Waals surface area contributed by atoms with Crippen LogP contribution in [0.5, 0.6) is 0 Å². The van der Waals surface area contributed by atoms with Crippen LogP contribution in [0.4, 0.5) is 0 Å². The third kappa shape index (κ3) is 3.14. The molecule has 7 heteroatoms. The maximum atomic E-state index is 12.0. The van der Waals surface area contributed by atoms with Gasteiger partial charge in [0.1, 0.15) is 18.4 Å². The molecule has 1 amide bonds. The summed E-state index contributed by atoms with van der Waals surface area (Å²) in [6.07, 6.45) is 6.76. The van der Waals surface area contributed by atoms with E-state index in [1.165, 1.54) is 17.2 Å². The van der Waals surface area contributed by atoms with Crippen molar-refractivity contribution in [2.45, 2.75) is 6.42 Å². The molecule has 0 aliphatic heterocycles. The third-order valence-electron chi connectivity index (χ3n) is 2.90. The van der Waals surface area contributed by atoms with Crippen LogP contribution in [0.1, 0.15) is 16.1 Å². The molecular formula is C14H13N5O2. The van der Waals surface area contributed by atoms with Gasteiger partial charge in [0.25, 0.3) is 5.91 Å². The summed E-state index contributed by atoms with van der Waals surface area (Å²) >= 11 is 0. The number of aromatic nitrogens is 4. The van der Waals surface area contributed by atoms with E-state index in [1.807, 2.05) is 12.1 Å². The van der Waals surface area contributed by atoms with Gasteiger partial charge < -0.3 is 9.73 Å². The van der Waals surface area contributed by atoms with Crippen molar-refractivity contribution in [3.63, 3.8) is 0 Å². The van der Waals surface area contributed by atoms with E-state index in [1.54, 1.807) is 24.7 Å². The minimum absolute atomic E-state index is 0.167. The van der Waals surface area contributed by atoms with Crippen LogP contribution in [0.15, 0.2) is 53.8 Å². The molecule has 21 heavy (non-hydrogen) atoms. The van der Waals surface area contributed by atoms with Crippen LogP contribution in [-0.4, -0.2) is 32.2 Å². The molecule has 3 aromatic heterocycles. The summed E-state index contributed by atoms with van der Waals surface area (Å²) in [4.78, 5) is 20.0. The maximum absolute atomic E-state index is 12.0. The number of carbonyl (C=O) groups excluding carboxylic acids is 1. The summed E-state index contributed by atoms with van der Waals surface area (Å²) in [6.45, 7) is 0.511. The fourth-order valence-corrected chi connectivity index (χ4v) is 1.84. The number of hydrogen-bond acceptors (Lipinski definition) is 5. The topological polar surface area (TPSA) is 85.8 Å². The number of carbonyl (C=O) groups is 1. The maximum Gasteiger partial charge on any atom is 0.252 e. The standard InChI is InChI=1S/C14H13N5O2/c20-14(16-6-5-12-2-1-7-21-12)11-3-4-13(17-8-11)19-10-15-9-18-19/h1-4,7-10H,5-6H2,(H,16,20). The summed E-state index contributed by atoms with van der Waals surface area (Å²) in [5.74, 6) is 1.29. The second-order valence-corrected chi connectivity index (χ2v) is 4.33. The number of nitrogens with zero attached hydrogens (tertiary/aromatic N) is 4. The second kappa shape index (κ2) is 6.00. The van der Waals surface area contributed by atoms with Crippen molar-refractivity contribution in [1.82, 2.24) is 25.1 Å². The van der Waals surface area contributed by atoms with Gasteiger partial charge in [-0.1, -0.05) is 0 Å². The fourth-order valence-electron chi connectivity index (χ4n) is 1.84. The van der Waals surface area contributed by atoms with Crippen LogP contribution in [0.3, 0.4) is 0 Å². The molecule has 0 unspecified atom stereocenters. The van der Waals surface area contributed by atoms with E-state index in [0.717, 1.165) is 5.76 Å². The Morgan fingerprint density at radius 1 is 1.33 bits per heavy atom. The largest absolute Gasteiger partial charge is 0.469 e. The Balaban J connectivity index is 1.57. The van der Waals surface area contributed by atoms with Crippen LogP contribution in [0, 0.1) is 0 Å². The lowest BCUT2D eigenvalue weighted by Crippen LogP contribution is -2.25. The second-order valence-electron chi connectivity index (χ2n) is 4.33. The quantitative estimate of drug-likeness (QED) is 0.761. The minimum Gasteiger partial charge on any atom is -0.469 e. The lowest BCUT2D eigenvalue weighted by molar-refractivity contribution is 0.0953. The van der Waals surface area contributed by atoms with Crippen molar-refractivity contribution in [1.29, 1.82) is 0 Å². The molecule has 7 nitrogen and oxygen atoms in total. The number of rotatable bonds is 5. The first-order valence-corrected chi connectivity index (χ1v) is 6.44. The van der Waals surface area contributed by atoms with E-state index in [4.69, 9.17) is 4.42 Å². The Kier molecular flexibility index (Phi) is 3.72. The molecule has 0 saturated heterocycles. The smallest absolute Gasteiger partial charge is 0.252 e. The van der Waals surface area contributed by atoms with Crippen LogP contribution >= 0.6 is 0 Å². The van der Waals surface area contributed by atoms with Gasteiger partial charge in [-0.25, -0.2) is 14.6 Å². The van der Waals surface area contributed by atoms with Gasteiger partial charge in [-0.05, 0) is 24.3 Å². The molecule has 3 aromatic rings. The first kappa shape index (κ1) is 13.0. The van der Waals surface area contributed by atoms with Gasteiger partial charge in [-0.15, -0.1) is 0 Å². The van der Waals surface area contributed by atoms with Crippen LogP contribution in [0.25, 0.3) is 5.82 Å². The van der Waals surface area contributed by atoms with E-state index in [-0.39, 0.29) is 5.91 Å². The SMILES string of the molecule is O=C(NCCc1ccco1)c1ccc(-n2cncn2)nc1. The highest BCUT2D eigenvalue weighted by Crippen LogP contribution is 2.04. The van der Waals surface area contributed by atoms with Gasteiger partial charge in [0.2, 0.25) is 0 Å². The average molecular weight is 283 g/mol. The third-order valence-corrected chi connectivity index (χ3v) is 2.90. The van der Waals surface area contributed by atoms with Crippen molar-refractivity contribution in [3.05, 3.63) is 60.7 Å². The monoisotopic (exact) mass is 283 g/mol. The molecule has 0 aromatic carbocycles. The van der Waals surface area contributed by atoms with Crippen molar-refractivity contribution in [3.8, 4) is 5.82 Å². The Morgan fingerprint density at radius 2 is 2.29 bits per heavy atom. The molecule has 1 N–H and O–H groups in total. The van der Waals surface area contributed by atoms with Gasteiger partial charge in [0, 0.05) is 19.2 Å². The number of pyridine rings is 1. The zero-order chi connectivity index (χ0) is 14.5. The summed E-state index contributed by atoms with van der Waals surface area (Å²) in [6, 6.07) is 7.12. The highest BCUT2D eigenvalue weighted by atomic mass is 16.3. The summed E-state index contributed by atoms with van der Waals surface area (Å²) in [5, 5.41) is 6.79. The van der Waals surface area contributed by atoms with Crippen molar-refractivity contribution < 1.29 is 9.21 Å². The lowest BCUT2D eigenvalue weighted by atomic mass is 10.2. The molecule has 0 aliphatic carbocycles. The molecule has 0 atom stereocenters. The summed E-state index contributed by atoms with van der Waals surface area (Å²) in [7, 11) is 0. The van der Waals surface area contributed by atoms with E-state index < -0.39 is 0 Å². The Labute approximate surface area is 120 Å². The van der Waals surface area contributed by atoms with Crippen LogP contribution in [0.2, 0.25) is 0 Å². The zero-order valence-corrected chi connectivity index (χ0v) is 11.1. The van der Waals surface area contributed by atoms with Crippen molar-refractivity contribution >= 4 is 5.91 Å². The van der Waals surface area contributed by atoms with Gasteiger partial charge in [0.15, 0.2) is 5.82 Å². The number of furan rings is 1. The first-order chi connectivity index (χ1) is 10.3. The highest BCUT2D eigenvalue weighted by molar-refractivity contribution is 5.93. The van der Waals surface area contributed by atoms with E-state index in [0.29, 0.717) is 24.3 Å². The predicted octanol–water partition coefficient (Wildman–Crippen LogP) is 1.23. The lowest BCUT2D eigenvalue weighted by Gasteiger charge is -2.05. The van der Waals surface area contributed by atoms with Gasteiger partial charge in [0.05, 0.1) is 11.8 Å². The van der Waals surface area contributed by atoms with Crippen LogP contribution in [-0.2, 0) is 6.42 Å². The first-order valence-electron chi connectivity index (χ1n) is 6.44. The van der Waals surface area contributed by atoms with E-state index in [2.05, 4.69) is 20.4 Å². The molecule has 0 spiro atoms. The molecule has 0 aliphatic rings. The van der Waals surface area contributed by atoms with E-state index >= 15 is 0 Å². The molecule has 0 fully saturated rings.